The number of carbonyl (C=O) groups excluding carboxylic acids is 1. The van der Waals surface area contributed by atoms with Gasteiger partial charge in [0.1, 0.15) is 0 Å². The standard InChI is InChI=1S/C20H23NO3S/c1-15-12-16(2)14-18(13-15)20(22)21-9-8-19(25(23,24)11-10-21)17-6-4-3-5-7-17/h3-7,12-14,19H,8-11H2,1-2H3. The number of rotatable bonds is 2. The fourth-order valence-corrected chi connectivity index (χ4v) is 5.27. The first-order valence-electron chi connectivity index (χ1n) is 8.51. The van der Waals surface area contributed by atoms with Crippen molar-refractivity contribution in [3.63, 3.8) is 0 Å². The summed E-state index contributed by atoms with van der Waals surface area (Å²) in [6.45, 7) is 4.62. The lowest BCUT2D eigenvalue weighted by molar-refractivity contribution is 0.0766. The topological polar surface area (TPSA) is 54.5 Å². The summed E-state index contributed by atoms with van der Waals surface area (Å²) >= 11 is 0. The third kappa shape index (κ3) is 3.93. The minimum atomic E-state index is -3.27. The fourth-order valence-electron chi connectivity index (χ4n) is 3.47. The van der Waals surface area contributed by atoms with Gasteiger partial charge in [-0.15, -0.1) is 0 Å². The summed E-state index contributed by atoms with van der Waals surface area (Å²) in [4.78, 5) is 14.5. The number of aryl methyl sites for hydroxylation is 2. The molecule has 0 aromatic heterocycles. The Hall–Kier alpha value is -2.14. The third-order valence-corrected chi connectivity index (χ3v) is 6.79. The van der Waals surface area contributed by atoms with Crippen LogP contribution in [0.5, 0.6) is 0 Å². The van der Waals surface area contributed by atoms with Crippen LogP contribution in [0.3, 0.4) is 0 Å². The normalized spacial score (nSPS) is 20.1. The smallest absolute Gasteiger partial charge is 0.253 e. The van der Waals surface area contributed by atoms with E-state index in [1.165, 1.54) is 0 Å². The molecule has 1 unspecified atom stereocenters. The van der Waals surface area contributed by atoms with Crippen LogP contribution >= 0.6 is 0 Å². The minimum Gasteiger partial charge on any atom is -0.338 e. The van der Waals surface area contributed by atoms with Gasteiger partial charge in [-0.2, -0.15) is 0 Å². The Morgan fingerprint density at radius 3 is 2.28 bits per heavy atom. The van der Waals surface area contributed by atoms with E-state index in [1.54, 1.807) is 4.90 Å². The van der Waals surface area contributed by atoms with E-state index in [2.05, 4.69) is 0 Å². The van der Waals surface area contributed by atoms with Gasteiger partial charge in [0, 0.05) is 18.7 Å². The third-order valence-electron chi connectivity index (χ3n) is 4.67. The van der Waals surface area contributed by atoms with Gasteiger partial charge in [-0.25, -0.2) is 8.42 Å². The van der Waals surface area contributed by atoms with Gasteiger partial charge in [0.05, 0.1) is 11.0 Å². The molecule has 2 aromatic carbocycles. The number of amides is 1. The molecule has 0 spiro atoms. The first-order chi connectivity index (χ1) is 11.9. The van der Waals surface area contributed by atoms with Crippen molar-refractivity contribution < 1.29 is 13.2 Å². The molecule has 132 valence electrons. The van der Waals surface area contributed by atoms with Gasteiger partial charge in [-0.05, 0) is 38.0 Å². The number of carbonyl (C=O) groups is 1. The molecule has 0 aliphatic carbocycles. The van der Waals surface area contributed by atoms with Crippen LogP contribution in [-0.4, -0.2) is 38.1 Å². The molecule has 0 saturated carbocycles. The lowest BCUT2D eigenvalue weighted by Gasteiger charge is -2.20. The summed E-state index contributed by atoms with van der Waals surface area (Å²) < 4.78 is 25.4. The van der Waals surface area contributed by atoms with Crippen molar-refractivity contribution in [2.24, 2.45) is 0 Å². The van der Waals surface area contributed by atoms with Crippen molar-refractivity contribution in [1.29, 1.82) is 0 Å². The van der Waals surface area contributed by atoms with Crippen LogP contribution in [-0.2, 0) is 9.84 Å². The predicted octanol–water partition coefficient (Wildman–Crippen LogP) is 3.31. The van der Waals surface area contributed by atoms with Crippen molar-refractivity contribution in [2.75, 3.05) is 18.8 Å². The molecular formula is C20H23NO3S. The summed E-state index contributed by atoms with van der Waals surface area (Å²) in [6, 6.07) is 15.0. The zero-order chi connectivity index (χ0) is 18.0. The fraction of sp³-hybridized carbons (Fsp3) is 0.350. The molecule has 4 nitrogen and oxygen atoms in total. The molecule has 2 aromatic rings. The van der Waals surface area contributed by atoms with Gasteiger partial charge in [0.25, 0.3) is 5.91 Å². The van der Waals surface area contributed by atoms with Gasteiger partial charge in [-0.1, -0.05) is 47.5 Å². The Labute approximate surface area is 149 Å². The van der Waals surface area contributed by atoms with Crippen LogP contribution in [0.25, 0.3) is 0 Å². The average molecular weight is 357 g/mol. The number of sulfone groups is 1. The van der Waals surface area contributed by atoms with Crippen LogP contribution in [0.2, 0.25) is 0 Å². The molecule has 25 heavy (non-hydrogen) atoms. The largest absolute Gasteiger partial charge is 0.338 e. The molecule has 1 saturated heterocycles. The average Bonchev–Trinajstić information content (AvgIpc) is 2.72. The molecule has 5 heteroatoms. The Bertz CT molecular complexity index is 855. The van der Waals surface area contributed by atoms with Crippen molar-refractivity contribution >= 4 is 15.7 Å². The monoisotopic (exact) mass is 357 g/mol. The predicted molar refractivity (Wildman–Crippen MR) is 99.4 cm³/mol. The molecule has 1 heterocycles. The van der Waals surface area contributed by atoms with Crippen LogP contribution in [0, 0.1) is 13.8 Å². The quantitative estimate of drug-likeness (QED) is 0.829. The van der Waals surface area contributed by atoms with Gasteiger partial charge in [0.15, 0.2) is 9.84 Å². The Morgan fingerprint density at radius 2 is 1.64 bits per heavy atom. The summed E-state index contributed by atoms with van der Waals surface area (Å²) in [7, 11) is -3.27. The molecule has 0 radical (unpaired) electrons. The number of hydrogen-bond donors (Lipinski definition) is 0. The lowest BCUT2D eigenvalue weighted by Crippen LogP contribution is -2.33. The molecule has 0 N–H and O–H groups in total. The highest BCUT2D eigenvalue weighted by Gasteiger charge is 2.32. The van der Waals surface area contributed by atoms with E-state index < -0.39 is 15.1 Å². The summed E-state index contributed by atoms with van der Waals surface area (Å²) in [5.74, 6) is -0.0842. The van der Waals surface area contributed by atoms with E-state index in [0.29, 0.717) is 18.5 Å². The maximum atomic E-state index is 12.8. The molecule has 3 rings (SSSR count). The maximum absolute atomic E-state index is 12.8. The molecule has 1 amide bonds. The van der Waals surface area contributed by atoms with E-state index in [1.807, 2.05) is 62.4 Å². The maximum Gasteiger partial charge on any atom is 0.253 e. The van der Waals surface area contributed by atoms with E-state index >= 15 is 0 Å². The zero-order valence-electron chi connectivity index (χ0n) is 14.6. The van der Waals surface area contributed by atoms with Gasteiger partial charge in [0.2, 0.25) is 0 Å². The van der Waals surface area contributed by atoms with Crippen molar-refractivity contribution in [3.05, 3.63) is 70.8 Å². The van der Waals surface area contributed by atoms with Crippen molar-refractivity contribution in [3.8, 4) is 0 Å². The highest BCUT2D eigenvalue weighted by Crippen LogP contribution is 2.29. The second-order valence-electron chi connectivity index (χ2n) is 6.72. The minimum absolute atomic E-state index is 0.00307. The zero-order valence-corrected chi connectivity index (χ0v) is 15.4. The molecule has 1 aliphatic rings. The molecule has 1 aliphatic heterocycles. The Morgan fingerprint density at radius 1 is 1.00 bits per heavy atom. The summed E-state index contributed by atoms with van der Waals surface area (Å²) in [5, 5.41) is -0.536. The second kappa shape index (κ2) is 7.00. The Balaban J connectivity index is 1.84. The van der Waals surface area contributed by atoms with Crippen LogP contribution in [0.1, 0.15) is 38.7 Å². The highest BCUT2D eigenvalue weighted by atomic mass is 32.2. The molecule has 1 fully saturated rings. The summed E-state index contributed by atoms with van der Waals surface area (Å²) in [6.07, 6.45) is 0.433. The Kier molecular flexibility index (Phi) is 4.95. The van der Waals surface area contributed by atoms with Crippen LogP contribution in [0.4, 0.5) is 0 Å². The van der Waals surface area contributed by atoms with Gasteiger partial charge < -0.3 is 4.90 Å². The van der Waals surface area contributed by atoms with Crippen LogP contribution in [0.15, 0.2) is 48.5 Å². The van der Waals surface area contributed by atoms with E-state index in [-0.39, 0.29) is 18.2 Å². The lowest BCUT2D eigenvalue weighted by atomic mass is 10.1. The first-order valence-corrected chi connectivity index (χ1v) is 10.2. The number of nitrogens with zero attached hydrogens (tertiary/aromatic N) is 1. The summed E-state index contributed by atoms with van der Waals surface area (Å²) in [5.41, 5.74) is 3.51. The van der Waals surface area contributed by atoms with Gasteiger partial charge >= 0.3 is 0 Å². The molecule has 0 bridgehead atoms. The van der Waals surface area contributed by atoms with Crippen molar-refractivity contribution in [1.82, 2.24) is 4.90 Å². The number of benzene rings is 2. The van der Waals surface area contributed by atoms with Crippen LogP contribution < -0.4 is 0 Å². The van der Waals surface area contributed by atoms with Crippen molar-refractivity contribution in [2.45, 2.75) is 25.5 Å². The number of hydrogen-bond acceptors (Lipinski definition) is 3. The van der Waals surface area contributed by atoms with Gasteiger partial charge in [-0.3, -0.25) is 4.79 Å². The van der Waals surface area contributed by atoms with E-state index in [0.717, 1.165) is 16.7 Å². The molecule has 1 atom stereocenters. The SMILES string of the molecule is Cc1cc(C)cc(C(=O)N2CCC(c3ccccc3)S(=O)(=O)CC2)c1. The highest BCUT2D eigenvalue weighted by molar-refractivity contribution is 7.91. The molecular weight excluding hydrogens is 334 g/mol. The van der Waals surface area contributed by atoms with E-state index in [9.17, 15) is 13.2 Å². The van der Waals surface area contributed by atoms with E-state index in [4.69, 9.17) is 0 Å². The first kappa shape index (κ1) is 17.7. The second-order valence-corrected chi connectivity index (χ2v) is 9.03.